The fourth-order valence-corrected chi connectivity index (χ4v) is 26.3. The van der Waals surface area contributed by atoms with Crippen molar-refractivity contribution in [3.05, 3.63) is 80.9 Å². The molecule has 0 nitrogen and oxygen atoms in total. The summed E-state index contributed by atoms with van der Waals surface area (Å²) < 4.78 is 6.77. The Balaban J connectivity index is 0.00000181. The summed E-state index contributed by atoms with van der Waals surface area (Å²) >= 11 is -3.40. The molecule has 4 heteroatoms. The van der Waals surface area contributed by atoms with E-state index < -0.39 is 17.4 Å². The molecule has 2 atom stereocenters. The van der Waals surface area contributed by atoms with Crippen LogP contribution in [-0.2, 0) is 17.4 Å². The third-order valence-electron chi connectivity index (χ3n) is 7.86. The van der Waals surface area contributed by atoms with Crippen LogP contribution in [-0.4, -0.2) is 6.88 Å². The first-order valence-corrected chi connectivity index (χ1v) is 25.3. The first kappa shape index (κ1) is 27.8. The van der Waals surface area contributed by atoms with Crippen LogP contribution in [0.5, 0.6) is 0 Å². The first-order chi connectivity index (χ1) is 13.9. The molecule has 0 fully saturated rings. The zero-order chi connectivity index (χ0) is 22.0. The summed E-state index contributed by atoms with van der Waals surface area (Å²) in [6.45, 7) is 16.7. The van der Waals surface area contributed by atoms with Gasteiger partial charge in [0.1, 0.15) is 0 Å². The topological polar surface area (TPSA) is 0 Å². The predicted octanol–water partition coefficient (Wildman–Crippen LogP) is 8.37. The van der Waals surface area contributed by atoms with E-state index in [9.17, 15) is 0 Å². The van der Waals surface area contributed by atoms with Gasteiger partial charge in [0.2, 0.25) is 0 Å². The minimum absolute atomic E-state index is 0. The first-order valence-electron chi connectivity index (χ1n) is 11.6. The number of allylic oxidation sites excluding steroid dienone is 2. The zero-order valence-corrected chi connectivity index (χ0v) is 26.5. The summed E-state index contributed by atoms with van der Waals surface area (Å²) in [5.41, 5.74) is 12.5. The summed E-state index contributed by atoms with van der Waals surface area (Å²) in [6, 6.07) is 14.0. The number of halogens is 2. The van der Waals surface area contributed by atoms with Gasteiger partial charge in [-0.1, -0.05) is 0 Å². The van der Waals surface area contributed by atoms with E-state index in [2.05, 4.69) is 106 Å². The van der Waals surface area contributed by atoms with E-state index in [-0.39, 0.29) is 24.8 Å². The average molecular weight is 567 g/mol. The van der Waals surface area contributed by atoms with Gasteiger partial charge in [0.15, 0.2) is 0 Å². The second-order valence-corrected chi connectivity index (χ2v) is 42.0. The van der Waals surface area contributed by atoms with Gasteiger partial charge < -0.3 is 0 Å². The van der Waals surface area contributed by atoms with Gasteiger partial charge in [-0.2, -0.15) is 0 Å². The normalized spacial score (nSPS) is 19.7. The molecule has 32 heavy (non-hydrogen) atoms. The zero-order valence-electron chi connectivity index (χ0n) is 21.0. The monoisotopic (exact) mass is 564 g/mol. The largest absolute Gasteiger partial charge is 0.147 e. The van der Waals surface area contributed by atoms with Gasteiger partial charge in [-0.15, -0.1) is 24.8 Å². The number of hydrogen-bond acceptors (Lipinski definition) is 0. The second kappa shape index (κ2) is 9.33. The fourth-order valence-electron chi connectivity index (χ4n) is 6.45. The molecule has 0 aromatic heterocycles. The van der Waals surface area contributed by atoms with Crippen molar-refractivity contribution < 1.29 is 17.4 Å². The Kier molecular flexibility index (Phi) is 8.12. The fraction of sp³-hybridized carbons (Fsp3) is 0.429. The molecule has 0 radical (unpaired) electrons. The van der Waals surface area contributed by atoms with Crippen molar-refractivity contribution in [2.45, 2.75) is 58.1 Å². The van der Waals surface area contributed by atoms with Gasteiger partial charge in [-0.3, -0.25) is 0 Å². The van der Waals surface area contributed by atoms with Gasteiger partial charge in [-0.25, -0.2) is 0 Å². The molecule has 0 N–H and O–H groups in total. The van der Waals surface area contributed by atoms with Crippen LogP contribution >= 0.6 is 24.8 Å². The maximum absolute atomic E-state index is 3.40. The molecular formula is C28H40Cl2SiZr. The smallest absolute Gasteiger partial charge is 0.147 e. The second-order valence-electron chi connectivity index (χ2n) is 11.6. The van der Waals surface area contributed by atoms with Gasteiger partial charge in [0.05, 0.1) is 0 Å². The minimum atomic E-state index is -3.40. The van der Waals surface area contributed by atoms with Gasteiger partial charge >= 0.3 is 187 Å². The van der Waals surface area contributed by atoms with Crippen LogP contribution in [0.15, 0.2) is 47.5 Å². The molecule has 0 heterocycles. The van der Waals surface area contributed by atoms with Crippen LogP contribution in [0.4, 0.5) is 0 Å². The number of benzene rings is 2. The third kappa shape index (κ3) is 4.24. The van der Waals surface area contributed by atoms with Crippen molar-refractivity contribution in [1.29, 1.82) is 0 Å². The van der Waals surface area contributed by atoms with E-state index in [1.54, 1.807) is 22.3 Å². The molecule has 2 aromatic carbocycles. The van der Waals surface area contributed by atoms with Crippen molar-refractivity contribution in [2.24, 2.45) is 11.8 Å². The van der Waals surface area contributed by atoms with Crippen LogP contribution in [0, 0.1) is 25.7 Å². The number of fused-ring (bicyclic) bond motifs is 2. The van der Waals surface area contributed by atoms with E-state index in [4.69, 9.17) is 0 Å². The minimum Gasteiger partial charge on any atom is -0.147 e. The summed E-state index contributed by atoms with van der Waals surface area (Å²) in [4.78, 5) is 0. The molecule has 0 spiro atoms. The summed E-state index contributed by atoms with van der Waals surface area (Å²) in [7, 11) is 0. The maximum atomic E-state index is 2.76. The van der Waals surface area contributed by atoms with Crippen molar-refractivity contribution in [3.8, 4) is 0 Å². The van der Waals surface area contributed by atoms with E-state index in [1.165, 1.54) is 22.3 Å². The van der Waals surface area contributed by atoms with E-state index in [0.717, 1.165) is 0 Å². The van der Waals surface area contributed by atoms with Crippen LogP contribution in [0.3, 0.4) is 0 Å². The molecule has 0 amide bonds. The quantitative estimate of drug-likeness (QED) is 0.326. The molecular weight excluding hydrogens is 527 g/mol. The van der Waals surface area contributed by atoms with Crippen LogP contribution < -0.4 is 0 Å². The Morgan fingerprint density at radius 1 is 0.688 bits per heavy atom. The van der Waals surface area contributed by atoms with Crippen LogP contribution in [0.1, 0.15) is 68.3 Å². The SMILES string of the molecule is Cc1cccc2c1C=C(C(C)C)[CH]2[Zr]([CH3])([CH3])(=[SiH2])[CH]1C(C(C)C)=Cc2c(C)cccc21.Cl.Cl. The molecule has 0 bridgehead atoms. The predicted molar refractivity (Wildman–Crippen MR) is 148 cm³/mol. The van der Waals surface area contributed by atoms with E-state index in [0.29, 0.717) is 19.1 Å². The Bertz CT molecular complexity index is 1080. The Labute approximate surface area is 210 Å². The number of aryl methyl sites for hydroxylation is 2. The van der Waals surface area contributed by atoms with Crippen molar-refractivity contribution in [2.75, 3.05) is 0 Å². The van der Waals surface area contributed by atoms with Gasteiger partial charge in [0, 0.05) is 0 Å². The van der Waals surface area contributed by atoms with Crippen molar-refractivity contribution in [1.82, 2.24) is 0 Å². The van der Waals surface area contributed by atoms with Crippen molar-refractivity contribution >= 4 is 43.8 Å². The van der Waals surface area contributed by atoms with E-state index >= 15 is 0 Å². The number of rotatable bonds is 4. The third-order valence-corrected chi connectivity index (χ3v) is 25.2. The Hall–Kier alpha value is -0.400. The molecule has 4 rings (SSSR count). The van der Waals surface area contributed by atoms with Crippen LogP contribution in [0.25, 0.3) is 12.2 Å². The molecule has 0 saturated heterocycles. The molecule has 174 valence electrons. The molecule has 0 saturated carbocycles. The van der Waals surface area contributed by atoms with Gasteiger partial charge in [-0.05, 0) is 0 Å². The summed E-state index contributed by atoms with van der Waals surface area (Å²) in [5, 5.41) is 0. The summed E-state index contributed by atoms with van der Waals surface area (Å²) in [5.74, 6) is 1.17. The van der Waals surface area contributed by atoms with Gasteiger partial charge in [0.25, 0.3) is 0 Å². The molecule has 2 unspecified atom stereocenters. The standard InChI is InChI=1S/2C13H15.2CH3.2ClH.H2Si.Zr/c2*1-9(2)12-7-11-6-4-5-10(3)13(11)8-12;;;;;;/h2*4-9H,1-3H3;2*1H3;2*1H;1H2;. The Morgan fingerprint density at radius 2 is 1.03 bits per heavy atom. The molecule has 0 aliphatic heterocycles. The van der Waals surface area contributed by atoms with Crippen molar-refractivity contribution in [3.63, 3.8) is 0 Å². The summed E-state index contributed by atoms with van der Waals surface area (Å²) in [6.07, 6.45) is 5.14. The average Bonchev–Trinajstić information content (AvgIpc) is 3.23. The van der Waals surface area contributed by atoms with Crippen LogP contribution in [0.2, 0.25) is 9.26 Å². The maximum Gasteiger partial charge on any atom is -0.147 e. The molecule has 2 aliphatic carbocycles. The Morgan fingerprint density at radius 3 is 1.34 bits per heavy atom. The molecule has 2 aliphatic rings. The van der Waals surface area contributed by atoms with E-state index in [1.807, 2.05) is 0 Å². The number of hydrogen-bond donors (Lipinski definition) is 0. The molecule has 2 aromatic rings.